The quantitative estimate of drug-likeness (QED) is 0.893. The number of rotatable bonds is 4. The molecule has 0 aliphatic carbocycles. The van der Waals surface area contributed by atoms with Crippen molar-refractivity contribution in [2.24, 2.45) is 0 Å². The lowest BCUT2D eigenvalue weighted by Crippen LogP contribution is -2.44. The van der Waals surface area contributed by atoms with Crippen LogP contribution in [0, 0.1) is 0 Å². The van der Waals surface area contributed by atoms with Gasteiger partial charge in [0.15, 0.2) is 0 Å². The number of aromatic nitrogens is 4. The maximum atomic E-state index is 12.2. The molecule has 0 bridgehead atoms. The van der Waals surface area contributed by atoms with Crippen LogP contribution in [0.4, 0.5) is 0 Å². The van der Waals surface area contributed by atoms with Gasteiger partial charge in [-0.05, 0) is 18.9 Å². The number of nitrogens with one attached hydrogen (secondary N) is 1. The number of hydrogen-bond donors (Lipinski definition) is 1. The summed E-state index contributed by atoms with van der Waals surface area (Å²) in [5, 5.41) is 6.80. The molecule has 0 aromatic carbocycles. The predicted octanol–water partition coefficient (Wildman–Crippen LogP) is 0.853. The number of H-pyrrole nitrogens is 1. The Balaban J connectivity index is 1.72. The van der Waals surface area contributed by atoms with Crippen molar-refractivity contribution in [3.63, 3.8) is 0 Å². The molecule has 3 rings (SSSR count). The molecule has 1 saturated heterocycles. The lowest BCUT2D eigenvalue weighted by molar-refractivity contribution is 0.300. The molecule has 8 nitrogen and oxygen atoms in total. The monoisotopic (exact) mass is 336 g/mol. The Morgan fingerprint density at radius 3 is 2.61 bits per heavy atom. The predicted molar refractivity (Wildman–Crippen MR) is 85.8 cm³/mol. The van der Waals surface area contributed by atoms with Gasteiger partial charge in [-0.25, -0.2) is 4.98 Å². The average molecular weight is 336 g/mol. The molecular weight excluding hydrogens is 316 g/mol. The van der Waals surface area contributed by atoms with Gasteiger partial charge < -0.3 is 0 Å². The summed E-state index contributed by atoms with van der Waals surface area (Å²) in [7, 11) is -0.219. The summed E-state index contributed by atoms with van der Waals surface area (Å²) in [6.07, 6.45) is 6.62. The Bertz CT molecular complexity index is 751. The second kappa shape index (κ2) is 6.34. The standard InChI is InChI=1S/C14H20N6O2S/c1-19(2)23(21,22)20-7-4-11(5-8-20)13-9-15-10-14(17-13)12-3-6-16-18-12/h3,6,9-11H,4-5,7-8H2,1-2H3,(H,16,18). The van der Waals surface area contributed by atoms with Gasteiger partial charge in [-0.2, -0.15) is 22.1 Å². The molecule has 0 atom stereocenters. The molecule has 23 heavy (non-hydrogen) atoms. The van der Waals surface area contributed by atoms with Crippen molar-refractivity contribution >= 4 is 10.2 Å². The van der Waals surface area contributed by atoms with Crippen molar-refractivity contribution in [2.45, 2.75) is 18.8 Å². The van der Waals surface area contributed by atoms with E-state index in [2.05, 4.69) is 20.2 Å². The molecule has 0 saturated carbocycles. The first-order chi connectivity index (χ1) is 11.0. The zero-order valence-corrected chi connectivity index (χ0v) is 14.0. The number of nitrogens with zero attached hydrogens (tertiary/aromatic N) is 5. The zero-order valence-electron chi connectivity index (χ0n) is 13.2. The first-order valence-corrected chi connectivity index (χ1v) is 8.87. The van der Waals surface area contributed by atoms with Crippen LogP contribution in [0.5, 0.6) is 0 Å². The fraction of sp³-hybridized carbons (Fsp3) is 0.500. The van der Waals surface area contributed by atoms with Crippen LogP contribution in [-0.4, -0.2) is 64.4 Å². The minimum absolute atomic E-state index is 0.221. The van der Waals surface area contributed by atoms with Crippen molar-refractivity contribution in [2.75, 3.05) is 27.2 Å². The Morgan fingerprint density at radius 2 is 2.00 bits per heavy atom. The molecule has 0 amide bonds. The van der Waals surface area contributed by atoms with Crippen LogP contribution in [0.15, 0.2) is 24.7 Å². The molecule has 1 aliphatic rings. The Kier molecular flexibility index (Phi) is 4.42. The maximum Gasteiger partial charge on any atom is 0.281 e. The van der Waals surface area contributed by atoms with Crippen LogP contribution in [0.3, 0.4) is 0 Å². The minimum atomic E-state index is -3.33. The summed E-state index contributed by atoms with van der Waals surface area (Å²) >= 11 is 0. The Morgan fingerprint density at radius 1 is 1.26 bits per heavy atom. The lowest BCUT2D eigenvalue weighted by Gasteiger charge is -2.32. The summed E-state index contributed by atoms with van der Waals surface area (Å²) in [5.74, 6) is 0.221. The molecule has 0 unspecified atom stereocenters. The highest BCUT2D eigenvalue weighted by molar-refractivity contribution is 7.86. The average Bonchev–Trinajstić information content (AvgIpc) is 3.09. The third-order valence-corrected chi connectivity index (χ3v) is 6.03. The maximum absolute atomic E-state index is 12.2. The van der Waals surface area contributed by atoms with Gasteiger partial charge in [-0.3, -0.25) is 10.1 Å². The van der Waals surface area contributed by atoms with E-state index >= 15 is 0 Å². The van der Waals surface area contributed by atoms with Gasteiger partial charge in [0.25, 0.3) is 10.2 Å². The second-order valence-electron chi connectivity index (χ2n) is 5.76. The third-order valence-electron chi connectivity index (χ3n) is 4.09. The summed E-state index contributed by atoms with van der Waals surface area (Å²) in [6, 6.07) is 1.85. The second-order valence-corrected chi connectivity index (χ2v) is 7.91. The molecule has 2 aromatic heterocycles. The fourth-order valence-electron chi connectivity index (χ4n) is 2.72. The molecule has 0 spiro atoms. The van der Waals surface area contributed by atoms with Crippen LogP contribution >= 0.6 is 0 Å². The van der Waals surface area contributed by atoms with Gasteiger partial charge in [-0.1, -0.05) is 0 Å². The number of hydrogen-bond acceptors (Lipinski definition) is 5. The van der Waals surface area contributed by atoms with Gasteiger partial charge in [0.05, 0.1) is 17.6 Å². The van der Waals surface area contributed by atoms with Gasteiger partial charge in [-0.15, -0.1) is 0 Å². The van der Waals surface area contributed by atoms with Crippen molar-refractivity contribution in [3.05, 3.63) is 30.4 Å². The zero-order chi connectivity index (χ0) is 16.4. The smallest absolute Gasteiger partial charge is 0.276 e. The highest BCUT2D eigenvalue weighted by atomic mass is 32.2. The van der Waals surface area contributed by atoms with Gasteiger partial charge in [0, 0.05) is 45.5 Å². The van der Waals surface area contributed by atoms with E-state index in [0.29, 0.717) is 13.1 Å². The third kappa shape index (κ3) is 3.26. The summed E-state index contributed by atoms with van der Waals surface area (Å²) < 4.78 is 27.1. The minimum Gasteiger partial charge on any atom is -0.276 e. The molecule has 2 aromatic rings. The highest BCUT2D eigenvalue weighted by Gasteiger charge is 2.30. The summed E-state index contributed by atoms with van der Waals surface area (Å²) in [6.45, 7) is 1.00. The largest absolute Gasteiger partial charge is 0.281 e. The van der Waals surface area contributed by atoms with Crippen molar-refractivity contribution < 1.29 is 8.42 Å². The van der Waals surface area contributed by atoms with E-state index in [0.717, 1.165) is 29.9 Å². The molecule has 1 fully saturated rings. The van der Waals surface area contributed by atoms with E-state index < -0.39 is 10.2 Å². The molecular formula is C14H20N6O2S. The van der Waals surface area contributed by atoms with E-state index in [1.54, 1.807) is 32.7 Å². The van der Waals surface area contributed by atoms with Gasteiger partial charge >= 0.3 is 0 Å². The van der Waals surface area contributed by atoms with Crippen LogP contribution in [0.1, 0.15) is 24.5 Å². The molecule has 0 radical (unpaired) electrons. The van der Waals surface area contributed by atoms with Gasteiger partial charge in [0.1, 0.15) is 5.69 Å². The number of aromatic amines is 1. The van der Waals surface area contributed by atoms with Crippen LogP contribution in [-0.2, 0) is 10.2 Å². The van der Waals surface area contributed by atoms with E-state index in [4.69, 9.17) is 0 Å². The van der Waals surface area contributed by atoms with Gasteiger partial charge in [0.2, 0.25) is 0 Å². The van der Waals surface area contributed by atoms with Crippen LogP contribution < -0.4 is 0 Å². The normalized spacial score (nSPS) is 17.7. The van der Waals surface area contributed by atoms with Crippen molar-refractivity contribution in [1.29, 1.82) is 0 Å². The highest BCUT2D eigenvalue weighted by Crippen LogP contribution is 2.29. The molecule has 124 valence electrons. The van der Waals surface area contributed by atoms with Crippen LogP contribution in [0.2, 0.25) is 0 Å². The van der Waals surface area contributed by atoms with Crippen LogP contribution in [0.25, 0.3) is 11.4 Å². The molecule has 1 N–H and O–H groups in total. The molecule has 1 aliphatic heterocycles. The van der Waals surface area contributed by atoms with E-state index in [9.17, 15) is 8.42 Å². The molecule has 3 heterocycles. The van der Waals surface area contributed by atoms with E-state index in [1.165, 1.54) is 8.61 Å². The summed E-state index contributed by atoms with van der Waals surface area (Å²) in [5.41, 5.74) is 2.48. The Labute approximate surface area is 135 Å². The SMILES string of the molecule is CN(C)S(=O)(=O)N1CCC(c2cncc(-c3ccn[nH]3)n2)CC1. The molecule has 9 heteroatoms. The topological polar surface area (TPSA) is 95.1 Å². The lowest BCUT2D eigenvalue weighted by atomic mass is 9.95. The van der Waals surface area contributed by atoms with E-state index in [-0.39, 0.29) is 5.92 Å². The first-order valence-electron chi connectivity index (χ1n) is 7.48. The summed E-state index contributed by atoms with van der Waals surface area (Å²) in [4.78, 5) is 8.91. The number of piperidine rings is 1. The fourth-order valence-corrected chi connectivity index (χ4v) is 3.85. The first kappa shape index (κ1) is 16.0. The van der Waals surface area contributed by atoms with E-state index in [1.807, 2.05) is 6.07 Å². The Hall–Kier alpha value is -1.84. The van der Waals surface area contributed by atoms with Crippen molar-refractivity contribution in [1.82, 2.24) is 28.8 Å². The van der Waals surface area contributed by atoms with Crippen molar-refractivity contribution in [3.8, 4) is 11.4 Å².